The van der Waals surface area contributed by atoms with E-state index in [-0.39, 0.29) is 6.42 Å². The summed E-state index contributed by atoms with van der Waals surface area (Å²) in [7, 11) is 0. The van der Waals surface area contributed by atoms with Crippen LogP contribution in [0.25, 0.3) is 0 Å². The van der Waals surface area contributed by atoms with Crippen LogP contribution in [0.3, 0.4) is 0 Å². The van der Waals surface area contributed by atoms with Gasteiger partial charge in [-0.25, -0.2) is 8.78 Å². The third kappa shape index (κ3) is 1.91. The number of halogens is 2. The Morgan fingerprint density at radius 2 is 2.09 bits per heavy atom. The van der Waals surface area contributed by atoms with E-state index in [4.69, 9.17) is 0 Å². The Labute approximate surface area is 67.0 Å². The molecule has 0 unspecified atom stereocenters. The van der Waals surface area contributed by atoms with Crippen LogP contribution in [0.4, 0.5) is 8.78 Å². The highest BCUT2D eigenvalue weighted by atomic mass is 19.3. The largest absolute Gasteiger partial charge is 0.250 e. The van der Waals surface area contributed by atoms with Gasteiger partial charge < -0.3 is 0 Å². The fourth-order valence-electron chi connectivity index (χ4n) is 1.80. The smallest absolute Gasteiger partial charge is 0.207 e. The molecule has 11 heavy (non-hydrogen) atoms. The molecule has 0 saturated heterocycles. The molecular weight excluding hydrogens is 146 g/mol. The molecule has 0 N–H and O–H groups in total. The topological polar surface area (TPSA) is 0 Å². The van der Waals surface area contributed by atoms with E-state index in [0.29, 0.717) is 18.8 Å². The average molecular weight is 162 g/mol. The summed E-state index contributed by atoms with van der Waals surface area (Å²) < 4.78 is 25.8. The average Bonchev–Trinajstić information content (AvgIpc) is 1.95. The standard InChI is InChI=1S/C9H16F2/c1-3-8-4-5-9(10,11)7(2)6-8/h7-8H,3-6H2,1-2H3/t7-,8+/m1/s1. The van der Waals surface area contributed by atoms with Gasteiger partial charge in [0.15, 0.2) is 0 Å². The second-order valence-electron chi connectivity index (χ2n) is 3.71. The van der Waals surface area contributed by atoms with Gasteiger partial charge in [0.25, 0.3) is 5.92 Å². The normalized spacial score (nSPS) is 37.1. The van der Waals surface area contributed by atoms with E-state index in [1.54, 1.807) is 6.92 Å². The van der Waals surface area contributed by atoms with Gasteiger partial charge in [0.1, 0.15) is 0 Å². The van der Waals surface area contributed by atoms with Crippen LogP contribution in [0.5, 0.6) is 0 Å². The zero-order chi connectivity index (χ0) is 8.48. The first kappa shape index (κ1) is 8.95. The summed E-state index contributed by atoms with van der Waals surface area (Å²) >= 11 is 0. The molecular formula is C9H16F2. The molecule has 2 heteroatoms. The van der Waals surface area contributed by atoms with E-state index in [1.807, 2.05) is 0 Å². The number of alkyl halides is 2. The zero-order valence-corrected chi connectivity index (χ0v) is 7.24. The summed E-state index contributed by atoms with van der Waals surface area (Å²) in [4.78, 5) is 0. The molecule has 1 rings (SSSR count). The number of rotatable bonds is 1. The van der Waals surface area contributed by atoms with Crippen molar-refractivity contribution in [3.05, 3.63) is 0 Å². The summed E-state index contributed by atoms with van der Waals surface area (Å²) in [6.07, 6.45) is 2.59. The molecule has 0 bridgehead atoms. The molecule has 1 aliphatic rings. The third-order valence-electron chi connectivity index (χ3n) is 2.87. The van der Waals surface area contributed by atoms with Crippen LogP contribution in [0.1, 0.15) is 39.5 Å². The Balaban J connectivity index is 2.48. The summed E-state index contributed by atoms with van der Waals surface area (Å²) in [6, 6.07) is 0. The molecule has 0 aromatic rings. The van der Waals surface area contributed by atoms with Crippen molar-refractivity contribution in [2.75, 3.05) is 0 Å². The van der Waals surface area contributed by atoms with Gasteiger partial charge in [0.2, 0.25) is 0 Å². The maximum absolute atomic E-state index is 12.9. The fourth-order valence-corrected chi connectivity index (χ4v) is 1.80. The van der Waals surface area contributed by atoms with Gasteiger partial charge in [-0.2, -0.15) is 0 Å². The van der Waals surface area contributed by atoms with Gasteiger partial charge in [-0.05, 0) is 18.8 Å². The quantitative estimate of drug-likeness (QED) is 0.553. The highest BCUT2D eigenvalue weighted by Crippen LogP contribution is 2.41. The van der Waals surface area contributed by atoms with Crippen LogP contribution in [-0.4, -0.2) is 5.92 Å². The molecule has 1 aliphatic carbocycles. The molecule has 0 radical (unpaired) electrons. The van der Waals surface area contributed by atoms with Crippen molar-refractivity contribution in [1.82, 2.24) is 0 Å². The lowest BCUT2D eigenvalue weighted by Crippen LogP contribution is -2.33. The molecule has 0 aliphatic heterocycles. The molecule has 1 saturated carbocycles. The van der Waals surface area contributed by atoms with E-state index in [0.717, 1.165) is 6.42 Å². The second kappa shape index (κ2) is 3.08. The van der Waals surface area contributed by atoms with E-state index in [1.165, 1.54) is 0 Å². The maximum Gasteiger partial charge on any atom is 0.250 e. The van der Waals surface area contributed by atoms with Gasteiger partial charge in [0.05, 0.1) is 0 Å². The van der Waals surface area contributed by atoms with Crippen LogP contribution in [0.15, 0.2) is 0 Å². The van der Waals surface area contributed by atoms with Crippen LogP contribution in [-0.2, 0) is 0 Å². The highest BCUT2D eigenvalue weighted by molar-refractivity contribution is 4.82. The predicted molar refractivity (Wildman–Crippen MR) is 41.7 cm³/mol. The monoisotopic (exact) mass is 162 g/mol. The summed E-state index contributed by atoms with van der Waals surface area (Å²) in [6.45, 7) is 3.75. The third-order valence-corrected chi connectivity index (χ3v) is 2.87. The summed E-state index contributed by atoms with van der Waals surface area (Å²) in [5.74, 6) is -2.24. The molecule has 2 atom stereocenters. The fraction of sp³-hybridized carbons (Fsp3) is 1.00. The SMILES string of the molecule is CC[C@H]1CCC(F)(F)[C@H](C)C1. The molecule has 0 aromatic heterocycles. The van der Waals surface area contributed by atoms with Crippen molar-refractivity contribution in [2.45, 2.75) is 45.5 Å². The first-order chi connectivity index (χ1) is 5.06. The molecule has 0 heterocycles. The molecule has 0 nitrogen and oxygen atoms in total. The number of hydrogen-bond donors (Lipinski definition) is 0. The van der Waals surface area contributed by atoms with Gasteiger partial charge >= 0.3 is 0 Å². The molecule has 0 spiro atoms. The Morgan fingerprint density at radius 1 is 1.45 bits per heavy atom. The van der Waals surface area contributed by atoms with Crippen molar-refractivity contribution in [3.63, 3.8) is 0 Å². The minimum absolute atomic E-state index is 0.104. The maximum atomic E-state index is 12.9. The first-order valence-corrected chi connectivity index (χ1v) is 4.44. The van der Waals surface area contributed by atoms with Crippen LogP contribution >= 0.6 is 0 Å². The zero-order valence-electron chi connectivity index (χ0n) is 7.24. The molecule has 0 amide bonds. The van der Waals surface area contributed by atoms with E-state index in [2.05, 4.69) is 6.92 Å². The second-order valence-corrected chi connectivity index (χ2v) is 3.71. The van der Waals surface area contributed by atoms with Crippen molar-refractivity contribution in [3.8, 4) is 0 Å². The minimum Gasteiger partial charge on any atom is -0.207 e. The number of hydrogen-bond acceptors (Lipinski definition) is 0. The van der Waals surface area contributed by atoms with Crippen LogP contribution in [0, 0.1) is 11.8 Å². The van der Waals surface area contributed by atoms with Crippen molar-refractivity contribution >= 4 is 0 Å². The predicted octanol–water partition coefficient (Wildman–Crippen LogP) is 3.47. The van der Waals surface area contributed by atoms with Gasteiger partial charge in [0, 0.05) is 12.3 Å². The van der Waals surface area contributed by atoms with Crippen molar-refractivity contribution in [2.24, 2.45) is 11.8 Å². The molecule has 0 aromatic carbocycles. The lowest BCUT2D eigenvalue weighted by Gasteiger charge is -2.33. The van der Waals surface area contributed by atoms with Crippen molar-refractivity contribution < 1.29 is 8.78 Å². The van der Waals surface area contributed by atoms with Crippen molar-refractivity contribution in [1.29, 1.82) is 0 Å². The molecule has 66 valence electrons. The van der Waals surface area contributed by atoms with E-state index in [9.17, 15) is 8.78 Å². The highest BCUT2D eigenvalue weighted by Gasteiger charge is 2.40. The Bertz CT molecular complexity index is 132. The first-order valence-electron chi connectivity index (χ1n) is 4.44. The Hall–Kier alpha value is -0.140. The van der Waals surface area contributed by atoms with Crippen LogP contribution in [0.2, 0.25) is 0 Å². The lowest BCUT2D eigenvalue weighted by atomic mass is 9.79. The Kier molecular flexibility index (Phi) is 2.50. The summed E-state index contributed by atoms with van der Waals surface area (Å²) in [5, 5.41) is 0. The van der Waals surface area contributed by atoms with Crippen LogP contribution < -0.4 is 0 Å². The summed E-state index contributed by atoms with van der Waals surface area (Å²) in [5.41, 5.74) is 0. The van der Waals surface area contributed by atoms with Gasteiger partial charge in [-0.3, -0.25) is 0 Å². The van der Waals surface area contributed by atoms with Gasteiger partial charge in [-0.15, -0.1) is 0 Å². The minimum atomic E-state index is -2.38. The van der Waals surface area contributed by atoms with E-state index < -0.39 is 11.8 Å². The lowest BCUT2D eigenvalue weighted by molar-refractivity contribution is -0.0909. The Morgan fingerprint density at radius 3 is 2.55 bits per heavy atom. The van der Waals surface area contributed by atoms with Gasteiger partial charge in [-0.1, -0.05) is 20.3 Å². The van der Waals surface area contributed by atoms with E-state index >= 15 is 0 Å². The molecule has 1 fully saturated rings.